The van der Waals surface area contributed by atoms with Gasteiger partial charge in [-0.05, 0) is 124 Å². The topological polar surface area (TPSA) is 215 Å². The number of carbonyl (C=O) groups is 2. The van der Waals surface area contributed by atoms with Gasteiger partial charge in [0.15, 0.2) is 23.0 Å². The van der Waals surface area contributed by atoms with Gasteiger partial charge in [0, 0.05) is 61.3 Å². The predicted molar refractivity (Wildman–Crippen MR) is 316 cm³/mol. The lowest BCUT2D eigenvalue weighted by Crippen LogP contribution is -2.31. The number of aliphatic hydroxyl groups excluding tert-OH is 1. The Labute approximate surface area is 483 Å². The molecule has 4 aromatic carbocycles. The lowest BCUT2D eigenvalue weighted by Gasteiger charge is -2.27. The number of nitrogens with zero attached hydrogens (tertiary/aromatic N) is 5. The molecule has 0 unspecified atom stereocenters. The molecule has 83 heavy (non-hydrogen) atoms. The Bertz CT molecular complexity index is 3540. The van der Waals surface area contributed by atoms with Crippen LogP contribution in [0.25, 0.3) is 44.3 Å². The van der Waals surface area contributed by atoms with Crippen molar-refractivity contribution in [3.05, 3.63) is 143 Å². The van der Waals surface area contributed by atoms with E-state index in [1.165, 1.54) is 0 Å². The zero-order valence-corrected chi connectivity index (χ0v) is 48.9. The lowest BCUT2D eigenvalue weighted by atomic mass is 10.0. The maximum Gasteiger partial charge on any atom is 0.257 e. The quantitative estimate of drug-likeness (QED) is 0.0817. The van der Waals surface area contributed by atoms with Crippen LogP contribution in [0.5, 0.6) is 51.9 Å². The third-order valence-electron chi connectivity index (χ3n) is 15.3. The SMILES string of the molecule is COc1cc(-c2cc3ncccc3c(=O)[nH]2)cc(OC)c1OC.COc1ccc([C@H](C)N2C[C@H]([C@@H](C)Oc3nc(-c4cc(OC)c(OC)c(OC)c4)cc4ncccc34)CC2=O)cc1.COc1ccc([C@H](C)N2C[C@H]([C@H](C)O)CC2=O)cc1. The molecule has 8 aromatic rings. The van der Waals surface area contributed by atoms with E-state index < -0.39 is 6.10 Å². The fourth-order valence-electron chi connectivity index (χ4n) is 10.3. The molecule has 0 bridgehead atoms. The first-order valence-corrected chi connectivity index (χ1v) is 27.1. The Morgan fingerprint density at radius 2 is 0.976 bits per heavy atom. The first kappa shape index (κ1) is 60.0. The molecule has 0 aliphatic carbocycles. The van der Waals surface area contributed by atoms with Gasteiger partial charge in [0.05, 0.1) is 108 Å². The summed E-state index contributed by atoms with van der Waals surface area (Å²) in [6, 6.07) is 33.8. The van der Waals surface area contributed by atoms with Crippen molar-refractivity contribution in [1.29, 1.82) is 0 Å². The number of fused-ring (bicyclic) bond motifs is 2. The van der Waals surface area contributed by atoms with E-state index in [9.17, 15) is 19.5 Å². The molecule has 0 radical (unpaired) electrons. The van der Waals surface area contributed by atoms with E-state index in [1.807, 2.05) is 109 Å². The van der Waals surface area contributed by atoms with Crippen LogP contribution >= 0.6 is 0 Å². The Morgan fingerprint density at radius 3 is 1.42 bits per heavy atom. The van der Waals surface area contributed by atoms with Crippen LogP contribution in [0.2, 0.25) is 0 Å². The van der Waals surface area contributed by atoms with Crippen LogP contribution < -0.4 is 48.2 Å². The number of rotatable bonds is 18. The second-order valence-corrected chi connectivity index (χ2v) is 20.1. The third kappa shape index (κ3) is 13.5. The van der Waals surface area contributed by atoms with Crippen molar-refractivity contribution in [2.24, 2.45) is 11.8 Å². The molecule has 2 aliphatic rings. The van der Waals surface area contributed by atoms with E-state index in [1.54, 1.807) is 100 Å². The number of nitrogens with one attached hydrogen (secondary N) is 1. The van der Waals surface area contributed by atoms with Crippen molar-refractivity contribution < 1.29 is 57.3 Å². The molecule has 6 heterocycles. The summed E-state index contributed by atoms with van der Waals surface area (Å²) in [7, 11) is 12.6. The number of pyridine rings is 4. The summed E-state index contributed by atoms with van der Waals surface area (Å²) in [5.74, 6) is 5.42. The molecule has 2 aliphatic heterocycles. The molecule has 436 valence electrons. The number of methoxy groups -OCH3 is 8. The molecule has 4 aromatic heterocycles. The van der Waals surface area contributed by atoms with Crippen molar-refractivity contribution in [3.63, 3.8) is 0 Å². The van der Waals surface area contributed by atoms with Crippen LogP contribution in [0.4, 0.5) is 0 Å². The first-order chi connectivity index (χ1) is 40.1. The van der Waals surface area contributed by atoms with Crippen molar-refractivity contribution in [1.82, 2.24) is 29.7 Å². The molecule has 19 heteroatoms. The van der Waals surface area contributed by atoms with Gasteiger partial charge in [-0.15, -0.1) is 0 Å². The molecule has 2 amide bonds. The van der Waals surface area contributed by atoms with Crippen LogP contribution in [0.3, 0.4) is 0 Å². The van der Waals surface area contributed by atoms with E-state index in [4.69, 9.17) is 47.6 Å². The van der Waals surface area contributed by atoms with Crippen LogP contribution in [0, 0.1) is 11.8 Å². The van der Waals surface area contributed by atoms with Crippen molar-refractivity contribution >= 4 is 33.6 Å². The van der Waals surface area contributed by atoms with Gasteiger partial charge in [0.1, 0.15) is 17.6 Å². The zero-order valence-electron chi connectivity index (χ0n) is 48.9. The van der Waals surface area contributed by atoms with E-state index in [0.717, 1.165) is 44.7 Å². The Balaban J connectivity index is 0.000000180. The highest BCUT2D eigenvalue weighted by Crippen LogP contribution is 2.43. The molecule has 6 atom stereocenters. The van der Waals surface area contributed by atoms with Gasteiger partial charge < -0.3 is 62.5 Å². The number of amides is 2. The minimum Gasteiger partial charge on any atom is -0.497 e. The summed E-state index contributed by atoms with van der Waals surface area (Å²) in [4.78, 5) is 57.7. The number of aromatic amines is 1. The highest BCUT2D eigenvalue weighted by atomic mass is 16.5. The van der Waals surface area contributed by atoms with Crippen LogP contribution in [0.1, 0.15) is 63.7 Å². The van der Waals surface area contributed by atoms with Gasteiger partial charge in [0.25, 0.3) is 5.56 Å². The first-order valence-electron chi connectivity index (χ1n) is 27.1. The lowest BCUT2D eigenvalue weighted by molar-refractivity contribution is -0.130. The largest absolute Gasteiger partial charge is 0.497 e. The number of ether oxygens (including phenoxy) is 9. The Morgan fingerprint density at radius 1 is 0.530 bits per heavy atom. The Kier molecular flexibility index (Phi) is 19.6. The number of carbonyl (C=O) groups excluding carboxylic acids is 2. The second-order valence-electron chi connectivity index (χ2n) is 20.1. The predicted octanol–water partition coefficient (Wildman–Crippen LogP) is 10.3. The number of hydrogen-bond donors (Lipinski definition) is 2. The van der Waals surface area contributed by atoms with Crippen LogP contribution in [-0.4, -0.2) is 129 Å². The standard InChI is InChI=1S/C32H35N3O6.C17H16N2O4.C15H21NO3/c1-19(21-9-11-24(37-3)12-10-21)35-18-23(16-30(35)36)20(2)41-32-25-8-7-13-33-27(25)17-26(34-32)22-14-28(38-4)31(40-6)29(15-22)39-5;1-21-14-7-10(8-15(22-2)16(14)23-3)12-9-13-11(17(20)19-12)5-4-6-18-13;1-10(12-4-6-14(19-3)7-5-12)16-9-13(11(2)17)8-15(16)18/h7-15,17,19-20,23H,16,18H2,1-6H3;4-9H,1-3H3,(H,19,20);4-7,10-11,13,17H,8-9H2,1-3H3/t19-,20+,23+;;10-,11-,13+/m0.0/s1. The summed E-state index contributed by atoms with van der Waals surface area (Å²) in [6.07, 6.45) is 3.54. The van der Waals surface area contributed by atoms with Crippen molar-refractivity contribution in [2.45, 2.75) is 64.8 Å². The summed E-state index contributed by atoms with van der Waals surface area (Å²) in [5.41, 5.74) is 6.09. The van der Waals surface area contributed by atoms with Crippen LogP contribution in [-0.2, 0) is 9.59 Å². The summed E-state index contributed by atoms with van der Waals surface area (Å²) in [6.45, 7) is 9.04. The maximum atomic E-state index is 13.1. The second kappa shape index (κ2) is 27.1. The minimum atomic E-state index is -0.433. The van der Waals surface area contributed by atoms with Gasteiger partial charge in [-0.3, -0.25) is 24.4 Å². The van der Waals surface area contributed by atoms with Crippen molar-refractivity contribution in [3.8, 4) is 74.4 Å². The monoisotopic (exact) mass is 1130 g/mol. The number of benzene rings is 4. The third-order valence-corrected chi connectivity index (χ3v) is 15.3. The molecule has 2 N–H and O–H groups in total. The van der Waals surface area contributed by atoms with E-state index in [0.29, 0.717) is 88.6 Å². The van der Waals surface area contributed by atoms with E-state index in [2.05, 4.69) is 21.9 Å². The molecule has 0 spiro atoms. The summed E-state index contributed by atoms with van der Waals surface area (Å²) >= 11 is 0. The molecule has 0 saturated carbocycles. The van der Waals surface area contributed by atoms with E-state index >= 15 is 0 Å². The van der Waals surface area contributed by atoms with Crippen LogP contribution in [0.15, 0.2) is 126 Å². The highest BCUT2D eigenvalue weighted by molar-refractivity contribution is 5.88. The maximum absolute atomic E-state index is 13.1. The summed E-state index contributed by atoms with van der Waals surface area (Å²) in [5, 5.41) is 11.0. The van der Waals surface area contributed by atoms with Gasteiger partial charge in [-0.1, -0.05) is 24.3 Å². The molecule has 10 rings (SSSR count). The molecule has 19 nitrogen and oxygen atoms in total. The number of aromatic nitrogens is 4. The highest BCUT2D eigenvalue weighted by Gasteiger charge is 2.38. The number of H-pyrrole nitrogens is 1. The van der Waals surface area contributed by atoms with Crippen molar-refractivity contribution in [2.75, 3.05) is 70.0 Å². The van der Waals surface area contributed by atoms with Gasteiger partial charge in [-0.2, -0.15) is 0 Å². The smallest absolute Gasteiger partial charge is 0.257 e. The van der Waals surface area contributed by atoms with Gasteiger partial charge in [-0.25, -0.2) is 4.98 Å². The normalized spacial score (nSPS) is 16.2. The molecular formula is C64H72N6O13. The fraction of sp³-hybridized carbons (Fsp3) is 0.344. The molecule has 2 fully saturated rings. The zero-order chi connectivity index (χ0) is 59.5. The number of aliphatic hydroxyl groups is 1. The average Bonchev–Trinajstić information content (AvgIpc) is 4.27. The molecular weight excluding hydrogens is 1060 g/mol. The number of hydrogen-bond acceptors (Lipinski definition) is 16. The minimum absolute atomic E-state index is 0.00144. The molecule has 2 saturated heterocycles. The van der Waals surface area contributed by atoms with E-state index in [-0.39, 0.29) is 47.4 Å². The fourth-order valence-corrected chi connectivity index (χ4v) is 10.3. The van der Waals surface area contributed by atoms with Gasteiger partial charge in [0.2, 0.25) is 29.2 Å². The summed E-state index contributed by atoms with van der Waals surface area (Å²) < 4.78 is 49.5. The van der Waals surface area contributed by atoms with Gasteiger partial charge >= 0.3 is 0 Å². The average molecular weight is 1130 g/mol. The Hall–Kier alpha value is -9.10. The number of likely N-dealkylation sites (tertiary alicyclic amines) is 2.